The Morgan fingerprint density at radius 1 is 0.818 bits per heavy atom. The molecule has 0 aliphatic heterocycles. The van der Waals surface area contributed by atoms with E-state index >= 15 is 0 Å². The molecular formula is C36H41FN2O5. The van der Waals surface area contributed by atoms with Crippen molar-refractivity contribution in [2.24, 2.45) is 11.8 Å². The molecule has 0 unspecified atom stereocenters. The first kappa shape index (κ1) is 33.9. The lowest BCUT2D eigenvalue weighted by Gasteiger charge is -2.24. The molecule has 4 atom stereocenters. The second-order valence-corrected chi connectivity index (χ2v) is 10.7. The molecule has 3 rings (SSSR count). The van der Waals surface area contributed by atoms with E-state index in [1.54, 1.807) is 24.3 Å². The van der Waals surface area contributed by atoms with E-state index in [1.807, 2.05) is 60.7 Å². The zero-order chi connectivity index (χ0) is 31.7. The van der Waals surface area contributed by atoms with E-state index < -0.39 is 30.0 Å². The molecule has 7 nitrogen and oxygen atoms in total. The van der Waals surface area contributed by atoms with Crippen LogP contribution in [0.3, 0.4) is 0 Å². The van der Waals surface area contributed by atoms with E-state index in [-0.39, 0.29) is 43.6 Å². The fraction of sp³-hybridized carbons (Fsp3) is 0.306. The molecule has 0 fully saturated rings. The molecule has 8 heteroatoms. The van der Waals surface area contributed by atoms with Crippen molar-refractivity contribution in [2.75, 3.05) is 13.2 Å². The van der Waals surface area contributed by atoms with Crippen LogP contribution in [0.5, 0.6) is 0 Å². The van der Waals surface area contributed by atoms with Crippen LogP contribution < -0.4 is 10.6 Å². The van der Waals surface area contributed by atoms with Gasteiger partial charge in [0.15, 0.2) is 0 Å². The second kappa shape index (κ2) is 18.2. The number of aliphatic hydroxyl groups is 1. The Bertz CT molecular complexity index is 1350. The second-order valence-electron chi connectivity index (χ2n) is 10.7. The van der Waals surface area contributed by atoms with Gasteiger partial charge in [-0.15, -0.1) is 13.2 Å². The van der Waals surface area contributed by atoms with E-state index in [9.17, 15) is 23.9 Å². The van der Waals surface area contributed by atoms with Gasteiger partial charge in [-0.25, -0.2) is 4.39 Å². The van der Waals surface area contributed by atoms with Gasteiger partial charge in [0.05, 0.1) is 31.0 Å². The van der Waals surface area contributed by atoms with Gasteiger partial charge >= 0.3 is 5.97 Å². The Morgan fingerprint density at radius 2 is 1.41 bits per heavy atom. The molecule has 232 valence electrons. The normalized spacial score (nSPS) is 13.5. The van der Waals surface area contributed by atoms with E-state index in [4.69, 9.17) is 4.74 Å². The summed E-state index contributed by atoms with van der Waals surface area (Å²) in [6, 6.07) is 24.1. The summed E-state index contributed by atoms with van der Waals surface area (Å²) in [4.78, 5) is 39.5. The van der Waals surface area contributed by atoms with Crippen molar-refractivity contribution in [1.82, 2.24) is 10.6 Å². The summed E-state index contributed by atoms with van der Waals surface area (Å²) in [7, 11) is 0. The van der Waals surface area contributed by atoms with Crippen LogP contribution >= 0.6 is 0 Å². The van der Waals surface area contributed by atoms with Crippen molar-refractivity contribution in [3.05, 3.63) is 133 Å². The highest BCUT2D eigenvalue weighted by Crippen LogP contribution is 2.23. The lowest BCUT2D eigenvalue weighted by Crippen LogP contribution is -2.42. The largest absolute Gasteiger partial charge is 0.455 e. The number of halogens is 1. The Hall–Kier alpha value is -4.56. The maximum Gasteiger partial charge on any atom is 0.310 e. The molecule has 0 spiro atoms. The van der Waals surface area contributed by atoms with E-state index in [0.717, 1.165) is 11.1 Å². The fourth-order valence-electron chi connectivity index (χ4n) is 4.89. The summed E-state index contributed by atoms with van der Waals surface area (Å²) in [6.07, 6.45) is 3.76. The minimum Gasteiger partial charge on any atom is -0.455 e. The minimum atomic E-state index is -0.781. The number of benzene rings is 3. The number of hydrogen-bond acceptors (Lipinski definition) is 5. The zero-order valence-electron chi connectivity index (χ0n) is 24.9. The summed E-state index contributed by atoms with van der Waals surface area (Å²) in [6.45, 7) is 7.25. The molecule has 0 aromatic heterocycles. The van der Waals surface area contributed by atoms with Crippen LogP contribution in [0.25, 0.3) is 0 Å². The predicted octanol–water partition coefficient (Wildman–Crippen LogP) is 5.26. The average molecular weight is 601 g/mol. The Morgan fingerprint density at radius 3 is 2.02 bits per heavy atom. The van der Waals surface area contributed by atoms with E-state index in [2.05, 4.69) is 23.8 Å². The SMILES string of the molecule is C=CC[C@@H](CC(=O)N[C@H](CO)Cc1ccccc1)C(=O)NC[C@H](OC(=O)[C@@H](CC=C)Cc1ccc(F)cc1)c1ccccc1. The Balaban J connectivity index is 1.65. The van der Waals surface area contributed by atoms with Crippen molar-refractivity contribution < 1.29 is 28.6 Å². The van der Waals surface area contributed by atoms with Gasteiger partial charge in [0, 0.05) is 6.42 Å². The molecule has 2 amide bonds. The van der Waals surface area contributed by atoms with Crippen molar-refractivity contribution in [3.63, 3.8) is 0 Å². The van der Waals surface area contributed by atoms with Crippen LogP contribution in [0.15, 0.2) is 110 Å². The summed E-state index contributed by atoms with van der Waals surface area (Å²) in [5.41, 5.74) is 2.46. The molecule has 0 aliphatic rings. The number of allylic oxidation sites excluding steroid dienone is 2. The monoisotopic (exact) mass is 600 g/mol. The van der Waals surface area contributed by atoms with Gasteiger partial charge in [-0.05, 0) is 54.5 Å². The van der Waals surface area contributed by atoms with Crippen molar-refractivity contribution in [3.8, 4) is 0 Å². The average Bonchev–Trinajstić information content (AvgIpc) is 3.04. The van der Waals surface area contributed by atoms with Gasteiger partial charge in [0.2, 0.25) is 11.8 Å². The minimum absolute atomic E-state index is 0.00548. The molecule has 0 heterocycles. The van der Waals surface area contributed by atoms with Crippen LogP contribution in [0.1, 0.15) is 42.1 Å². The summed E-state index contributed by atoms with van der Waals surface area (Å²) in [5, 5.41) is 15.5. The topological polar surface area (TPSA) is 105 Å². The molecule has 3 N–H and O–H groups in total. The number of aliphatic hydroxyl groups excluding tert-OH is 1. The molecule has 3 aromatic rings. The third-order valence-electron chi connectivity index (χ3n) is 7.24. The smallest absolute Gasteiger partial charge is 0.310 e. The number of nitrogens with one attached hydrogen (secondary N) is 2. The Kier molecular flexibility index (Phi) is 14.0. The summed E-state index contributed by atoms with van der Waals surface area (Å²) < 4.78 is 19.3. The van der Waals surface area contributed by atoms with Crippen molar-refractivity contribution >= 4 is 17.8 Å². The third kappa shape index (κ3) is 11.3. The van der Waals surface area contributed by atoms with Crippen LogP contribution in [0.4, 0.5) is 4.39 Å². The van der Waals surface area contributed by atoms with Gasteiger partial charge in [0.1, 0.15) is 11.9 Å². The number of amides is 2. The highest BCUT2D eigenvalue weighted by molar-refractivity contribution is 5.86. The number of carbonyl (C=O) groups is 3. The number of hydrogen-bond donors (Lipinski definition) is 3. The standard InChI is InChI=1S/C36H41FN2O5/c1-3-11-29(23-34(41)39-32(25-40)22-26-13-7-5-8-14-26)35(42)38-24-33(28-15-9-6-10-16-28)44-36(43)30(12-4-2)21-27-17-19-31(37)20-18-27/h3-10,13-20,29-30,32-33,40H,1-2,11-12,21-25H2,(H,38,42)(H,39,41)/t29-,30-,32-,33-/m0/s1. The fourth-order valence-corrected chi connectivity index (χ4v) is 4.89. The molecule has 0 radical (unpaired) electrons. The molecule has 44 heavy (non-hydrogen) atoms. The maximum absolute atomic E-state index is 13.4. The maximum atomic E-state index is 13.4. The molecule has 0 bridgehead atoms. The van der Waals surface area contributed by atoms with Gasteiger partial charge < -0.3 is 20.5 Å². The van der Waals surface area contributed by atoms with Crippen molar-refractivity contribution in [1.29, 1.82) is 0 Å². The predicted molar refractivity (Wildman–Crippen MR) is 169 cm³/mol. The highest BCUT2D eigenvalue weighted by atomic mass is 19.1. The first-order valence-corrected chi connectivity index (χ1v) is 14.8. The van der Waals surface area contributed by atoms with Gasteiger partial charge in [-0.2, -0.15) is 0 Å². The number of esters is 1. The van der Waals surface area contributed by atoms with Crippen LogP contribution in [-0.4, -0.2) is 42.1 Å². The molecule has 0 saturated carbocycles. The summed E-state index contributed by atoms with van der Waals surface area (Å²) in [5.74, 6) is -2.82. The van der Waals surface area contributed by atoms with E-state index in [0.29, 0.717) is 24.8 Å². The third-order valence-corrected chi connectivity index (χ3v) is 7.24. The first-order valence-electron chi connectivity index (χ1n) is 14.8. The summed E-state index contributed by atoms with van der Waals surface area (Å²) >= 11 is 0. The first-order chi connectivity index (χ1) is 21.3. The van der Waals surface area contributed by atoms with Crippen LogP contribution in [-0.2, 0) is 32.0 Å². The van der Waals surface area contributed by atoms with Crippen molar-refractivity contribution in [2.45, 2.75) is 44.2 Å². The lowest BCUT2D eigenvalue weighted by molar-refractivity contribution is -0.154. The van der Waals surface area contributed by atoms with Crippen LogP contribution in [0, 0.1) is 17.7 Å². The molecule has 0 aliphatic carbocycles. The Labute approximate surface area is 258 Å². The van der Waals surface area contributed by atoms with Gasteiger partial charge in [0.25, 0.3) is 0 Å². The lowest BCUT2D eigenvalue weighted by atomic mass is 9.96. The molecular weight excluding hydrogens is 559 g/mol. The number of ether oxygens (including phenoxy) is 1. The quantitative estimate of drug-likeness (QED) is 0.136. The zero-order valence-corrected chi connectivity index (χ0v) is 24.9. The molecule has 0 saturated heterocycles. The number of rotatable bonds is 18. The highest BCUT2D eigenvalue weighted by Gasteiger charge is 2.27. The van der Waals surface area contributed by atoms with Gasteiger partial charge in [-0.3, -0.25) is 14.4 Å². The number of carbonyl (C=O) groups excluding carboxylic acids is 3. The van der Waals surface area contributed by atoms with Gasteiger partial charge in [-0.1, -0.05) is 84.9 Å². The van der Waals surface area contributed by atoms with E-state index in [1.165, 1.54) is 12.1 Å². The van der Waals surface area contributed by atoms with Crippen LogP contribution in [0.2, 0.25) is 0 Å². The molecule has 3 aromatic carbocycles.